The lowest BCUT2D eigenvalue weighted by molar-refractivity contribution is -0.124. The minimum absolute atomic E-state index is 0.0898. The van der Waals surface area contributed by atoms with Crippen LogP contribution in [-0.2, 0) is 21.5 Å². The molecule has 1 aromatic heterocycles. The molecule has 1 aliphatic carbocycles. The number of fused-ring (bicyclic) bond motifs is 2. The molecule has 186 valence electrons. The molecule has 5 rings (SSSR count). The van der Waals surface area contributed by atoms with Gasteiger partial charge in [0, 0.05) is 30.5 Å². The van der Waals surface area contributed by atoms with Gasteiger partial charge in [-0.25, -0.2) is 9.78 Å². The average molecular weight is 481 g/mol. The number of nitrogens with zero attached hydrogens (tertiary/aromatic N) is 4. The topological polar surface area (TPSA) is 94.1 Å². The van der Waals surface area contributed by atoms with Crippen LogP contribution in [0.5, 0.6) is 11.8 Å². The molecule has 0 bridgehead atoms. The second-order valence-corrected chi connectivity index (χ2v) is 10.6. The van der Waals surface area contributed by atoms with E-state index in [0.29, 0.717) is 43.5 Å². The molecular weight excluding hydrogens is 448 g/mol. The fraction of sp³-hybridized carbons (Fsp3) is 0.538. The molecule has 1 atom stereocenters. The average Bonchev–Trinajstić information content (AvgIpc) is 3.55. The number of methoxy groups -OCH3 is 1. The van der Waals surface area contributed by atoms with Gasteiger partial charge in [0.1, 0.15) is 16.8 Å². The molecule has 0 radical (unpaired) electrons. The molecule has 1 spiro atoms. The predicted molar refractivity (Wildman–Crippen MR) is 129 cm³/mol. The Labute approximate surface area is 205 Å². The van der Waals surface area contributed by atoms with Crippen molar-refractivity contribution in [3.63, 3.8) is 0 Å². The quantitative estimate of drug-likeness (QED) is 0.644. The van der Waals surface area contributed by atoms with Gasteiger partial charge in [-0.15, -0.1) is 0 Å². The van der Waals surface area contributed by atoms with E-state index in [1.54, 1.807) is 23.1 Å². The third-order valence-electron chi connectivity index (χ3n) is 6.73. The number of likely N-dealkylation sites (tertiary alicyclic amines) is 1. The first-order valence-corrected chi connectivity index (χ1v) is 12.1. The van der Waals surface area contributed by atoms with Crippen LogP contribution < -0.4 is 14.4 Å². The van der Waals surface area contributed by atoms with Crippen LogP contribution in [0.15, 0.2) is 30.5 Å². The summed E-state index contributed by atoms with van der Waals surface area (Å²) in [4.78, 5) is 39.5. The van der Waals surface area contributed by atoms with Gasteiger partial charge in [-0.05, 0) is 70.2 Å². The summed E-state index contributed by atoms with van der Waals surface area (Å²) in [6.07, 6.45) is 4.10. The molecule has 0 N–H and O–H groups in total. The molecule has 2 aliphatic heterocycles. The third-order valence-corrected chi connectivity index (χ3v) is 6.73. The van der Waals surface area contributed by atoms with E-state index in [1.807, 2.05) is 45.0 Å². The standard InChI is InChI=1S/C26H32N4O5/c1-25(2,3)35-24(32)29-12-11-26(16-29)21-18(13-27-23(28-21)34-15-17-5-6-17)14-30(22(26)31)19-7-9-20(33-4)10-8-19/h7-10,13,17H,5-6,11-12,14-16H2,1-4H3. The highest BCUT2D eigenvalue weighted by molar-refractivity contribution is 6.03. The van der Waals surface area contributed by atoms with Gasteiger partial charge in [-0.3, -0.25) is 4.79 Å². The molecule has 3 aliphatic rings. The Morgan fingerprint density at radius 1 is 1.20 bits per heavy atom. The van der Waals surface area contributed by atoms with Gasteiger partial charge in [0.25, 0.3) is 0 Å². The van der Waals surface area contributed by atoms with Gasteiger partial charge in [0.2, 0.25) is 5.91 Å². The van der Waals surface area contributed by atoms with Crippen LogP contribution in [0, 0.1) is 5.92 Å². The molecule has 2 aromatic rings. The predicted octanol–water partition coefficient (Wildman–Crippen LogP) is 3.70. The van der Waals surface area contributed by atoms with Crippen molar-refractivity contribution >= 4 is 17.7 Å². The highest BCUT2D eigenvalue weighted by atomic mass is 16.6. The van der Waals surface area contributed by atoms with E-state index in [9.17, 15) is 9.59 Å². The van der Waals surface area contributed by atoms with Gasteiger partial charge >= 0.3 is 12.1 Å². The maximum atomic E-state index is 14.1. The van der Waals surface area contributed by atoms with Crippen molar-refractivity contribution < 1.29 is 23.8 Å². The molecule has 35 heavy (non-hydrogen) atoms. The monoisotopic (exact) mass is 480 g/mol. The lowest BCUT2D eigenvalue weighted by Gasteiger charge is -2.39. The van der Waals surface area contributed by atoms with E-state index in [4.69, 9.17) is 19.2 Å². The maximum absolute atomic E-state index is 14.1. The van der Waals surface area contributed by atoms with Crippen LogP contribution in [0.4, 0.5) is 10.5 Å². The van der Waals surface area contributed by atoms with Crippen molar-refractivity contribution in [2.75, 3.05) is 31.7 Å². The summed E-state index contributed by atoms with van der Waals surface area (Å²) >= 11 is 0. The second kappa shape index (κ2) is 8.70. The number of carbonyl (C=O) groups excluding carboxylic acids is 2. The molecule has 9 nitrogen and oxygen atoms in total. The Morgan fingerprint density at radius 2 is 1.94 bits per heavy atom. The van der Waals surface area contributed by atoms with Crippen molar-refractivity contribution in [3.8, 4) is 11.8 Å². The largest absolute Gasteiger partial charge is 0.497 e. The SMILES string of the molecule is COc1ccc(N2Cc3cnc(OCC4CC4)nc3C3(CCN(C(=O)OC(C)(C)C)C3)C2=O)cc1. The summed E-state index contributed by atoms with van der Waals surface area (Å²) in [6.45, 7) is 7.03. The van der Waals surface area contributed by atoms with Crippen LogP contribution in [-0.4, -0.2) is 59.3 Å². The smallest absolute Gasteiger partial charge is 0.410 e. The number of amides is 2. The zero-order valence-electron chi connectivity index (χ0n) is 20.7. The Hall–Kier alpha value is -3.36. The summed E-state index contributed by atoms with van der Waals surface area (Å²) in [5, 5.41) is 0. The molecule has 1 aromatic carbocycles. The van der Waals surface area contributed by atoms with E-state index < -0.39 is 17.1 Å². The summed E-state index contributed by atoms with van der Waals surface area (Å²) < 4.78 is 16.7. The number of aromatic nitrogens is 2. The van der Waals surface area contributed by atoms with E-state index in [2.05, 4.69) is 4.98 Å². The molecule has 3 heterocycles. The Kier molecular flexibility index (Phi) is 5.81. The summed E-state index contributed by atoms with van der Waals surface area (Å²) in [6, 6.07) is 7.68. The first-order valence-electron chi connectivity index (χ1n) is 12.1. The number of hydrogen-bond acceptors (Lipinski definition) is 7. The zero-order valence-corrected chi connectivity index (χ0v) is 20.7. The summed E-state index contributed by atoms with van der Waals surface area (Å²) in [7, 11) is 1.61. The van der Waals surface area contributed by atoms with Crippen LogP contribution in [0.2, 0.25) is 0 Å². The molecule has 2 amide bonds. The molecule has 1 unspecified atom stereocenters. The number of ether oxygens (including phenoxy) is 3. The number of carbonyl (C=O) groups is 2. The molecule has 1 saturated heterocycles. The van der Waals surface area contributed by atoms with Gasteiger partial charge < -0.3 is 24.0 Å². The number of hydrogen-bond donors (Lipinski definition) is 0. The van der Waals surface area contributed by atoms with Gasteiger partial charge in [0.15, 0.2) is 0 Å². The highest BCUT2D eigenvalue weighted by Crippen LogP contribution is 2.43. The number of rotatable bonds is 5. The maximum Gasteiger partial charge on any atom is 0.410 e. The van der Waals surface area contributed by atoms with E-state index in [0.717, 1.165) is 24.1 Å². The fourth-order valence-electron chi connectivity index (χ4n) is 4.70. The normalized spacial score (nSPS) is 21.8. The van der Waals surface area contributed by atoms with Crippen LogP contribution >= 0.6 is 0 Å². The lowest BCUT2D eigenvalue weighted by atomic mass is 9.77. The van der Waals surface area contributed by atoms with Crippen LogP contribution in [0.3, 0.4) is 0 Å². The third kappa shape index (κ3) is 4.63. The minimum atomic E-state index is -0.995. The lowest BCUT2D eigenvalue weighted by Crippen LogP contribution is -2.53. The van der Waals surface area contributed by atoms with Gasteiger partial charge in [-0.1, -0.05) is 0 Å². The van der Waals surface area contributed by atoms with Crippen molar-refractivity contribution in [1.82, 2.24) is 14.9 Å². The number of benzene rings is 1. The van der Waals surface area contributed by atoms with Crippen LogP contribution in [0.25, 0.3) is 0 Å². The summed E-state index contributed by atoms with van der Waals surface area (Å²) in [5.74, 6) is 1.18. The van der Waals surface area contributed by atoms with Crippen molar-refractivity contribution in [1.29, 1.82) is 0 Å². The highest BCUT2D eigenvalue weighted by Gasteiger charge is 2.55. The number of anilines is 1. The van der Waals surface area contributed by atoms with Gasteiger partial charge in [0.05, 0.1) is 26.0 Å². The van der Waals surface area contributed by atoms with Crippen molar-refractivity contribution in [2.45, 2.75) is 57.6 Å². The van der Waals surface area contributed by atoms with Crippen molar-refractivity contribution in [3.05, 3.63) is 41.7 Å². The molecule has 2 fully saturated rings. The van der Waals surface area contributed by atoms with Gasteiger partial charge in [-0.2, -0.15) is 4.98 Å². The molecule has 1 saturated carbocycles. The van der Waals surface area contributed by atoms with Crippen LogP contribution in [0.1, 0.15) is 51.3 Å². The minimum Gasteiger partial charge on any atom is -0.497 e. The molecule has 9 heteroatoms. The van der Waals surface area contributed by atoms with E-state index >= 15 is 0 Å². The van der Waals surface area contributed by atoms with Crippen molar-refractivity contribution in [2.24, 2.45) is 5.92 Å². The first-order chi connectivity index (χ1) is 16.7. The van der Waals surface area contributed by atoms with E-state index in [-0.39, 0.29) is 18.5 Å². The Bertz CT molecular complexity index is 1130. The fourth-order valence-corrected chi connectivity index (χ4v) is 4.70. The Balaban J connectivity index is 1.50. The molecular formula is C26H32N4O5. The Morgan fingerprint density at radius 3 is 2.60 bits per heavy atom. The zero-order chi connectivity index (χ0) is 24.8. The summed E-state index contributed by atoms with van der Waals surface area (Å²) in [5.41, 5.74) is 0.642. The first kappa shape index (κ1) is 23.4. The van der Waals surface area contributed by atoms with E-state index in [1.165, 1.54) is 0 Å². The second-order valence-electron chi connectivity index (χ2n) is 10.6.